The van der Waals surface area contributed by atoms with Gasteiger partial charge in [0.1, 0.15) is 18.0 Å². The van der Waals surface area contributed by atoms with Crippen molar-refractivity contribution in [2.45, 2.75) is 20.3 Å². The van der Waals surface area contributed by atoms with Gasteiger partial charge < -0.3 is 10.3 Å². The third-order valence-corrected chi connectivity index (χ3v) is 7.08. The van der Waals surface area contributed by atoms with Crippen LogP contribution < -0.4 is 5.32 Å². The van der Waals surface area contributed by atoms with E-state index < -0.39 is 0 Å². The van der Waals surface area contributed by atoms with E-state index >= 15 is 0 Å². The summed E-state index contributed by atoms with van der Waals surface area (Å²) in [6.07, 6.45) is 2.38. The Morgan fingerprint density at radius 2 is 2.07 bits per heavy atom. The molecule has 0 atom stereocenters. The van der Waals surface area contributed by atoms with E-state index in [-0.39, 0.29) is 5.82 Å². The number of thiophene rings is 2. The molecule has 29 heavy (non-hydrogen) atoms. The minimum absolute atomic E-state index is 0.204. The highest BCUT2D eigenvalue weighted by molar-refractivity contribution is 7.23. The first-order valence-electron chi connectivity index (χ1n) is 9.39. The Kier molecular flexibility index (Phi) is 4.56. The van der Waals surface area contributed by atoms with Crippen molar-refractivity contribution in [1.82, 2.24) is 15.0 Å². The molecule has 146 valence electrons. The van der Waals surface area contributed by atoms with Crippen molar-refractivity contribution in [3.8, 4) is 10.4 Å². The molecular formula is C22H19FN4S2. The predicted molar refractivity (Wildman–Crippen MR) is 121 cm³/mol. The summed E-state index contributed by atoms with van der Waals surface area (Å²) >= 11 is 3.39. The molecule has 5 rings (SSSR count). The average Bonchev–Trinajstić information content (AvgIpc) is 3.44. The molecule has 0 aliphatic rings. The fraction of sp³-hybridized carbons (Fsp3) is 0.182. The molecule has 0 fully saturated rings. The molecule has 0 aliphatic heterocycles. The Labute approximate surface area is 175 Å². The van der Waals surface area contributed by atoms with Crippen LogP contribution >= 0.6 is 22.7 Å². The number of halogens is 1. The van der Waals surface area contributed by atoms with Crippen LogP contribution in [0.15, 0.2) is 41.4 Å². The second-order valence-corrected chi connectivity index (χ2v) is 8.91. The number of aromatic nitrogens is 3. The van der Waals surface area contributed by atoms with E-state index in [0.717, 1.165) is 44.7 Å². The van der Waals surface area contributed by atoms with Crippen molar-refractivity contribution < 1.29 is 4.39 Å². The molecule has 0 saturated carbocycles. The van der Waals surface area contributed by atoms with E-state index in [4.69, 9.17) is 0 Å². The number of rotatable bonds is 5. The maximum absolute atomic E-state index is 14.2. The van der Waals surface area contributed by atoms with Gasteiger partial charge >= 0.3 is 0 Å². The van der Waals surface area contributed by atoms with E-state index in [0.29, 0.717) is 12.1 Å². The number of aromatic amines is 1. The normalized spacial score (nSPS) is 11.6. The Bertz CT molecular complexity index is 1320. The summed E-state index contributed by atoms with van der Waals surface area (Å²) in [5.74, 6) is 0.645. The number of benzene rings is 1. The van der Waals surface area contributed by atoms with Crippen molar-refractivity contribution in [1.29, 1.82) is 0 Å². The summed E-state index contributed by atoms with van der Waals surface area (Å²) in [5, 5.41) is 8.69. The van der Waals surface area contributed by atoms with Crippen LogP contribution in [0.3, 0.4) is 0 Å². The SMILES string of the molecule is Cc1[nH]c2c(F)ccc(C)c2c1CCNc1ncnc2cc(-c3ccsc3)sc12. The van der Waals surface area contributed by atoms with Crippen LogP contribution in [0.1, 0.15) is 16.8 Å². The van der Waals surface area contributed by atoms with E-state index in [9.17, 15) is 4.39 Å². The van der Waals surface area contributed by atoms with Gasteiger partial charge in [-0.3, -0.25) is 0 Å². The van der Waals surface area contributed by atoms with Gasteiger partial charge in [-0.15, -0.1) is 11.3 Å². The molecule has 7 heteroatoms. The molecule has 0 saturated heterocycles. The third kappa shape index (κ3) is 3.20. The minimum atomic E-state index is -0.204. The molecule has 0 spiro atoms. The van der Waals surface area contributed by atoms with E-state index in [1.54, 1.807) is 29.0 Å². The van der Waals surface area contributed by atoms with Crippen molar-refractivity contribution >= 4 is 49.6 Å². The van der Waals surface area contributed by atoms with Crippen LogP contribution in [0.4, 0.5) is 10.2 Å². The van der Waals surface area contributed by atoms with Crippen molar-refractivity contribution in [2.24, 2.45) is 0 Å². The van der Waals surface area contributed by atoms with Crippen molar-refractivity contribution in [3.05, 3.63) is 64.0 Å². The summed E-state index contributed by atoms with van der Waals surface area (Å²) in [7, 11) is 0. The lowest BCUT2D eigenvalue weighted by molar-refractivity contribution is 0.637. The monoisotopic (exact) mass is 422 g/mol. The summed E-state index contributed by atoms with van der Waals surface area (Å²) in [4.78, 5) is 13.3. The fourth-order valence-electron chi connectivity index (χ4n) is 3.79. The summed E-state index contributed by atoms with van der Waals surface area (Å²) in [6, 6.07) is 7.60. The summed E-state index contributed by atoms with van der Waals surface area (Å²) < 4.78 is 15.2. The topological polar surface area (TPSA) is 53.6 Å². The molecule has 0 radical (unpaired) electrons. The highest BCUT2D eigenvalue weighted by atomic mass is 32.1. The second kappa shape index (κ2) is 7.24. The highest BCUT2D eigenvalue weighted by Gasteiger charge is 2.15. The number of nitrogens with one attached hydrogen (secondary N) is 2. The highest BCUT2D eigenvalue weighted by Crippen LogP contribution is 2.36. The van der Waals surface area contributed by atoms with Gasteiger partial charge in [-0.25, -0.2) is 14.4 Å². The van der Waals surface area contributed by atoms with Crippen LogP contribution in [0.5, 0.6) is 0 Å². The van der Waals surface area contributed by atoms with Gasteiger partial charge in [0.05, 0.1) is 15.7 Å². The van der Waals surface area contributed by atoms with Crippen LogP contribution in [0.2, 0.25) is 0 Å². The number of anilines is 1. The predicted octanol–water partition coefficient (Wildman–Crippen LogP) is 6.31. The lowest BCUT2D eigenvalue weighted by Gasteiger charge is -2.07. The first-order chi connectivity index (χ1) is 14.1. The van der Waals surface area contributed by atoms with E-state index in [2.05, 4.69) is 43.2 Å². The first kappa shape index (κ1) is 18.3. The largest absolute Gasteiger partial charge is 0.368 e. The maximum Gasteiger partial charge on any atom is 0.147 e. The zero-order valence-electron chi connectivity index (χ0n) is 16.0. The number of H-pyrrole nitrogens is 1. The van der Waals surface area contributed by atoms with Crippen LogP contribution in [0, 0.1) is 19.7 Å². The second-order valence-electron chi connectivity index (χ2n) is 7.08. The van der Waals surface area contributed by atoms with Crippen LogP contribution in [0.25, 0.3) is 31.6 Å². The first-order valence-corrected chi connectivity index (χ1v) is 11.1. The number of fused-ring (bicyclic) bond motifs is 2. The van der Waals surface area contributed by atoms with Crippen LogP contribution in [-0.2, 0) is 6.42 Å². The molecule has 4 heterocycles. The quantitative estimate of drug-likeness (QED) is 0.349. The lowest BCUT2D eigenvalue weighted by atomic mass is 10.0. The zero-order chi connectivity index (χ0) is 20.0. The zero-order valence-corrected chi connectivity index (χ0v) is 17.7. The number of nitrogens with zero attached hydrogens (tertiary/aromatic N) is 2. The Hall–Kier alpha value is -2.77. The van der Waals surface area contributed by atoms with E-state index in [1.165, 1.54) is 16.5 Å². The average molecular weight is 423 g/mol. The Morgan fingerprint density at radius 3 is 2.90 bits per heavy atom. The van der Waals surface area contributed by atoms with Gasteiger partial charge in [0.15, 0.2) is 0 Å². The molecular weight excluding hydrogens is 403 g/mol. The summed E-state index contributed by atoms with van der Waals surface area (Å²) in [5.41, 5.74) is 6.02. The van der Waals surface area contributed by atoms with Gasteiger partial charge in [0.25, 0.3) is 0 Å². The van der Waals surface area contributed by atoms with Gasteiger partial charge in [-0.2, -0.15) is 11.3 Å². The number of aryl methyl sites for hydroxylation is 2. The minimum Gasteiger partial charge on any atom is -0.368 e. The lowest BCUT2D eigenvalue weighted by Crippen LogP contribution is -2.07. The maximum atomic E-state index is 14.2. The molecule has 0 aliphatic carbocycles. The van der Waals surface area contributed by atoms with Gasteiger partial charge in [-0.1, -0.05) is 6.07 Å². The summed E-state index contributed by atoms with van der Waals surface area (Å²) in [6.45, 7) is 4.74. The molecule has 0 unspecified atom stereocenters. The third-order valence-electron chi connectivity index (χ3n) is 5.21. The molecule has 2 N–H and O–H groups in total. The molecule has 5 aromatic rings. The smallest absolute Gasteiger partial charge is 0.147 e. The van der Waals surface area contributed by atoms with Gasteiger partial charge in [0.2, 0.25) is 0 Å². The molecule has 0 bridgehead atoms. The number of hydrogen-bond donors (Lipinski definition) is 2. The standard InChI is InChI=1S/C22H19FN4S2/c1-12-3-4-16(23)20-19(12)15(13(2)27-20)5-7-24-22-21-17(25-11-26-22)9-18(29-21)14-6-8-28-10-14/h3-4,6,8-11,27H,5,7H2,1-2H3,(H,24,25,26). The van der Waals surface area contributed by atoms with Crippen molar-refractivity contribution in [2.75, 3.05) is 11.9 Å². The fourth-order valence-corrected chi connectivity index (χ4v) is 5.59. The van der Waals surface area contributed by atoms with Gasteiger partial charge in [0, 0.05) is 28.1 Å². The van der Waals surface area contributed by atoms with Gasteiger partial charge in [-0.05, 0) is 60.4 Å². The Balaban J connectivity index is 1.41. The molecule has 1 aromatic carbocycles. The number of hydrogen-bond acceptors (Lipinski definition) is 5. The van der Waals surface area contributed by atoms with E-state index in [1.807, 2.05) is 19.9 Å². The van der Waals surface area contributed by atoms with Crippen LogP contribution in [-0.4, -0.2) is 21.5 Å². The van der Waals surface area contributed by atoms with Crippen molar-refractivity contribution in [3.63, 3.8) is 0 Å². The molecule has 4 aromatic heterocycles. The molecule has 0 amide bonds. The molecule has 4 nitrogen and oxygen atoms in total. The Morgan fingerprint density at radius 1 is 1.17 bits per heavy atom.